The molecule has 0 radical (unpaired) electrons. The van der Waals surface area contributed by atoms with Crippen LogP contribution in [0.1, 0.15) is 26.3 Å². The summed E-state index contributed by atoms with van der Waals surface area (Å²) in [5.74, 6) is -0.582. The van der Waals surface area contributed by atoms with Crippen molar-refractivity contribution in [2.24, 2.45) is 0 Å². The summed E-state index contributed by atoms with van der Waals surface area (Å²) in [6.07, 6.45) is 0. The number of carboxylic acid groups (broad SMARTS) is 1. The van der Waals surface area contributed by atoms with Crippen LogP contribution >= 0.6 is 0 Å². The highest BCUT2D eigenvalue weighted by Gasteiger charge is 2.23. The van der Waals surface area contributed by atoms with Crippen molar-refractivity contribution in [2.45, 2.75) is 0 Å². The van der Waals surface area contributed by atoms with Crippen LogP contribution in [0.25, 0.3) is 10.8 Å². The van der Waals surface area contributed by atoms with Crippen LogP contribution in [-0.4, -0.2) is 31.1 Å². The molecule has 0 aromatic heterocycles. The predicted octanol–water partition coefficient (Wildman–Crippen LogP) is 3.79. The van der Waals surface area contributed by atoms with Gasteiger partial charge in [0, 0.05) is 10.9 Å². The Labute approximate surface area is 144 Å². The van der Waals surface area contributed by atoms with Crippen molar-refractivity contribution in [1.82, 2.24) is 0 Å². The van der Waals surface area contributed by atoms with Crippen LogP contribution in [0.5, 0.6) is 11.5 Å². The van der Waals surface area contributed by atoms with E-state index in [0.29, 0.717) is 22.4 Å². The molecule has 0 amide bonds. The highest BCUT2D eigenvalue weighted by Crippen LogP contribution is 2.33. The minimum absolute atomic E-state index is 0.0468. The molecule has 0 saturated heterocycles. The number of carbonyl (C=O) groups is 2. The summed E-state index contributed by atoms with van der Waals surface area (Å²) < 4.78 is 10.6. The smallest absolute Gasteiger partial charge is 0.336 e. The third kappa shape index (κ3) is 2.92. The standard InChI is InChI=1S/C20H16O5/c1-24-13-9-7-12-8-10-17(25-2)18(16(12)11-13)19(21)14-5-3-4-6-15(14)20(22)23/h3-11H,1-2H3,(H,22,23). The SMILES string of the molecule is COc1ccc2ccc(OC)c(C(=O)c3ccccc3C(=O)O)c2c1. The van der Waals surface area contributed by atoms with Gasteiger partial charge in [-0.3, -0.25) is 4.79 Å². The molecule has 0 heterocycles. The summed E-state index contributed by atoms with van der Waals surface area (Å²) in [5.41, 5.74) is 0.380. The van der Waals surface area contributed by atoms with E-state index in [2.05, 4.69) is 0 Å². The molecule has 3 aromatic carbocycles. The molecule has 0 aliphatic rings. The molecule has 5 heteroatoms. The summed E-state index contributed by atoms with van der Waals surface area (Å²) in [6.45, 7) is 0. The third-order valence-corrected chi connectivity index (χ3v) is 4.04. The molecule has 0 aliphatic heterocycles. The first-order valence-electron chi connectivity index (χ1n) is 7.58. The number of ether oxygens (including phenoxy) is 2. The summed E-state index contributed by atoms with van der Waals surface area (Å²) in [4.78, 5) is 24.7. The minimum atomic E-state index is -1.15. The van der Waals surface area contributed by atoms with Crippen LogP contribution in [0.15, 0.2) is 54.6 Å². The lowest BCUT2D eigenvalue weighted by Gasteiger charge is -2.13. The van der Waals surface area contributed by atoms with Crippen molar-refractivity contribution in [3.8, 4) is 11.5 Å². The van der Waals surface area contributed by atoms with Gasteiger partial charge in [0.15, 0.2) is 5.78 Å². The van der Waals surface area contributed by atoms with Crippen molar-refractivity contribution in [1.29, 1.82) is 0 Å². The van der Waals surface area contributed by atoms with Gasteiger partial charge in [0.25, 0.3) is 0 Å². The largest absolute Gasteiger partial charge is 0.497 e. The quantitative estimate of drug-likeness (QED) is 0.718. The number of ketones is 1. The zero-order chi connectivity index (χ0) is 18.0. The van der Waals surface area contributed by atoms with Crippen LogP contribution in [0.2, 0.25) is 0 Å². The Kier molecular flexibility index (Phi) is 4.39. The van der Waals surface area contributed by atoms with Gasteiger partial charge in [-0.25, -0.2) is 4.79 Å². The Morgan fingerprint density at radius 2 is 1.56 bits per heavy atom. The monoisotopic (exact) mass is 336 g/mol. The van der Waals surface area contributed by atoms with Gasteiger partial charge in [-0.05, 0) is 29.7 Å². The summed E-state index contributed by atoms with van der Waals surface area (Å²) in [7, 11) is 3.02. The summed E-state index contributed by atoms with van der Waals surface area (Å²) in [6, 6.07) is 15.1. The maximum Gasteiger partial charge on any atom is 0.336 e. The first kappa shape index (κ1) is 16.5. The second-order valence-corrected chi connectivity index (χ2v) is 5.41. The fraction of sp³-hybridized carbons (Fsp3) is 0.100. The second-order valence-electron chi connectivity index (χ2n) is 5.41. The normalized spacial score (nSPS) is 10.5. The molecule has 1 N–H and O–H groups in total. The molecule has 0 unspecified atom stereocenters. The molecular weight excluding hydrogens is 320 g/mol. The maximum absolute atomic E-state index is 13.2. The number of rotatable bonds is 5. The Morgan fingerprint density at radius 1 is 0.880 bits per heavy atom. The van der Waals surface area contributed by atoms with Crippen molar-refractivity contribution in [2.75, 3.05) is 14.2 Å². The first-order valence-corrected chi connectivity index (χ1v) is 7.58. The Bertz CT molecular complexity index is 970. The number of fused-ring (bicyclic) bond motifs is 1. The number of carboxylic acids is 1. The van der Waals surface area contributed by atoms with Gasteiger partial charge in [-0.1, -0.05) is 30.3 Å². The minimum Gasteiger partial charge on any atom is -0.497 e. The Hall–Kier alpha value is -3.34. The fourth-order valence-corrected chi connectivity index (χ4v) is 2.81. The molecular formula is C20H16O5. The van der Waals surface area contributed by atoms with Gasteiger partial charge in [0.05, 0.1) is 25.3 Å². The molecule has 3 aromatic rings. The molecule has 0 saturated carbocycles. The first-order chi connectivity index (χ1) is 12.1. The average molecular weight is 336 g/mol. The van der Waals surface area contributed by atoms with Gasteiger partial charge in [-0.2, -0.15) is 0 Å². The van der Waals surface area contributed by atoms with Gasteiger partial charge in [0.2, 0.25) is 0 Å². The maximum atomic E-state index is 13.2. The number of benzene rings is 3. The predicted molar refractivity (Wildman–Crippen MR) is 93.9 cm³/mol. The van der Waals surface area contributed by atoms with E-state index in [-0.39, 0.29) is 11.1 Å². The number of methoxy groups -OCH3 is 2. The summed E-state index contributed by atoms with van der Waals surface area (Å²) in [5, 5.41) is 10.9. The molecule has 126 valence electrons. The van der Waals surface area contributed by atoms with Crippen molar-refractivity contribution >= 4 is 22.5 Å². The lowest BCUT2D eigenvalue weighted by atomic mass is 9.93. The van der Waals surface area contributed by atoms with Crippen LogP contribution in [-0.2, 0) is 0 Å². The number of aromatic carboxylic acids is 1. The van der Waals surface area contributed by atoms with Gasteiger partial charge in [-0.15, -0.1) is 0 Å². The fourth-order valence-electron chi connectivity index (χ4n) is 2.81. The van der Waals surface area contributed by atoms with E-state index in [9.17, 15) is 14.7 Å². The topological polar surface area (TPSA) is 72.8 Å². The molecule has 0 fully saturated rings. The molecule has 0 atom stereocenters. The van der Waals surface area contributed by atoms with Gasteiger partial charge >= 0.3 is 5.97 Å². The van der Waals surface area contributed by atoms with Crippen molar-refractivity contribution < 1.29 is 24.2 Å². The van der Waals surface area contributed by atoms with Crippen LogP contribution < -0.4 is 9.47 Å². The molecule has 0 aliphatic carbocycles. The van der Waals surface area contributed by atoms with Crippen LogP contribution in [0, 0.1) is 0 Å². The van der Waals surface area contributed by atoms with E-state index < -0.39 is 11.8 Å². The lowest BCUT2D eigenvalue weighted by molar-refractivity contribution is 0.0692. The average Bonchev–Trinajstić information content (AvgIpc) is 2.65. The van der Waals surface area contributed by atoms with E-state index in [1.807, 2.05) is 12.1 Å². The van der Waals surface area contributed by atoms with Crippen LogP contribution in [0.4, 0.5) is 0 Å². The molecule has 0 bridgehead atoms. The van der Waals surface area contributed by atoms with E-state index in [1.54, 1.807) is 37.4 Å². The third-order valence-electron chi connectivity index (χ3n) is 4.04. The zero-order valence-electron chi connectivity index (χ0n) is 13.8. The number of hydrogen-bond donors (Lipinski definition) is 1. The number of carbonyl (C=O) groups excluding carboxylic acids is 1. The van der Waals surface area contributed by atoms with Gasteiger partial charge < -0.3 is 14.6 Å². The van der Waals surface area contributed by atoms with E-state index in [0.717, 1.165) is 5.39 Å². The highest BCUT2D eigenvalue weighted by molar-refractivity contribution is 6.21. The Balaban J connectivity index is 2.30. The van der Waals surface area contributed by atoms with Crippen LogP contribution in [0.3, 0.4) is 0 Å². The lowest BCUT2D eigenvalue weighted by Crippen LogP contribution is -2.11. The van der Waals surface area contributed by atoms with Crippen molar-refractivity contribution in [3.63, 3.8) is 0 Å². The zero-order valence-corrected chi connectivity index (χ0v) is 13.8. The summed E-state index contributed by atoms with van der Waals surface area (Å²) >= 11 is 0. The van der Waals surface area contributed by atoms with Gasteiger partial charge in [0.1, 0.15) is 11.5 Å². The molecule has 25 heavy (non-hydrogen) atoms. The molecule has 0 spiro atoms. The van der Waals surface area contributed by atoms with E-state index in [4.69, 9.17) is 9.47 Å². The highest BCUT2D eigenvalue weighted by atomic mass is 16.5. The second kappa shape index (κ2) is 6.65. The number of hydrogen-bond acceptors (Lipinski definition) is 4. The molecule has 5 nitrogen and oxygen atoms in total. The van der Waals surface area contributed by atoms with E-state index >= 15 is 0 Å². The Morgan fingerprint density at radius 3 is 2.20 bits per heavy atom. The molecule has 3 rings (SSSR count). The van der Waals surface area contributed by atoms with E-state index in [1.165, 1.54) is 19.2 Å². The van der Waals surface area contributed by atoms with Crippen molar-refractivity contribution in [3.05, 3.63) is 71.3 Å².